The first-order chi connectivity index (χ1) is 7.99. The largest absolute Gasteiger partial charge is 0.399 e. The van der Waals surface area contributed by atoms with Gasteiger partial charge in [0.05, 0.1) is 10.7 Å². The average molecular weight is 251 g/mol. The Kier molecular flexibility index (Phi) is 4.48. The molecule has 0 aliphatic rings. The molecule has 17 heavy (non-hydrogen) atoms. The number of rotatable bonds is 0. The van der Waals surface area contributed by atoms with Crippen molar-refractivity contribution in [2.24, 2.45) is 0 Å². The number of nitrogen functional groups attached to an aromatic ring is 4. The fourth-order valence-electron chi connectivity index (χ4n) is 1.12. The van der Waals surface area contributed by atoms with E-state index in [0.717, 1.165) is 0 Å². The van der Waals surface area contributed by atoms with E-state index in [4.69, 9.17) is 34.5 Å². The van der Waals surface area contributed by atoms with E-state index in [2.05, 4.69) is 0 Å². The molecule has 0 radical (unpaired) electrons. The summed E-state index contributed by atoms with van der Waals surface area (Å²) in [7, 11) is 0. The molecule has 0 bridgehead atoms. The van der Waals surface area contributed by atoms with Crippen LogP contribution in [0.15, 0.2) is 42.5 Å². The molecule has 0 amide bonds. The maximum atomic E-state index is 5.60. The van der Waals surface area contributed by atoms with Gasteiger partial charge in [-0.1, -0.05) is 17.7 Å². The SMILES string of the molecule is Nc1ccc(Cl)c(N)c1.Nc1cccc(N)c1. The molecule has 4 nitrogen and oxygen atoms in total. The molecule has 2 rings (SSSR count). The number of anilines is 4. The molecule has 5 heteroatoms. The van der Waals surface area contributed by atoms with Crippen LogP contribution >= 0.6 is 11.6 Å². The predicted octanol–water partition coefficient (Wildman–Crippen LogP) is 2.36. The molecular weight excluding hydrogens is 236 g/mol. The summed E-state index contributed by atoms with van der Waals surface area (Å²) in [6.45, 7) is 0. The molecule has 90 valence electrons. The van der Waals surface area contributed by atoms with E-state index in [-0.39, 0.29) is 0 Å². The van der Waals surface area contributed by atoms with Gasteiger partial charge in [0, 0.05) is 17.1 Å². The van der Waals surface area contributed by atoms with E-state index in [1.165, 1.54) is 0 Å². The zero-order chi connectivity index (χ0) is 12.8. The molecule has 0 aromatic heterocycles. The van der Waals surface area contributed by atoms with Crippen LogP contribution in [0.4, 0.5) is 22.7 Å². The smallest absolute Gasteiger partial charge is 0.0636 e. The molecule has 0 aliphatic carbocycles. The van der Waals surface area contributed by atoms with E-state index in [9.17, 15) is 0 Å². The van der Waals surface area contributed by atoms with Crippen molar-refractivity contribution in [3.63, 3.8) is 0 Å². The molecule has 2 aromatic rings. The minimum absolute atomic E-state index is 0.525. The van der Waals surface area contributed by atoms with Crippen molar-refractivity contribution in [2.75, 3.05) is 22.9 Å². The van der Waals surface area contributed by atoms with E-state index in [1.54, 1.807) is 36.4 Å². The topological polar surface area (TPSA) is 104 Å². The van der Waals surface area contributed by atoms with Gasteiger partial charge in [-0.15, -0.1) is 0 Å². The van der Waals surface area contributed by atoms with Crippen LogP contribution in [0.3, 0.4) is 0 Å². The summed E-state index contributed by atoms with van der Waals surface area (Å²) in [5.74, 6) is 0. The Morgan fingerprint density at radius 3 is 1.59 bits per heavy atom. The second kappa shape index (κ2) is 5.86. The molecule has 0 unspecified atom stereocenters. The maximum Gasteiger partial charge on any atom is 0.0636 e. The third-order valence-electron chi connectivity index (χ3n) is 1.93. The predicted molar refractivity (Wildman–Crippen MR) is 75.5 cm³/mol. The highest BCUT2D eigenvalue weighted by Gasteiger charge is 1.92. The highest BCUT2D eigenvalue weighted by molar-refractivity contribution is 6.33. The van der Waals surface area contributed by atoms with E-state index >= 15 is 0 Å². The Labute approximate surface area is 105 Å². The van der Waals surface area contributed by atoms with E-state index in [0.29, 0.717) is 27.8 Å². The van der Waals surface area contributed by atoms with Crippen molar-refractivity contribution in [3.8, 4) is 0 Å². The monoisotopic (exact) mass is 250 g/mol. The van der Waals surface area contributed by atoms with E-state index < -0.39 is 0 Å². The van der Waals surface area contributed by atoms with Gasteiger partial charge in [-0.25, -0.2) is 0 Å². The molecular formula is C12H15ClN4. The summed E-state index contributed by atoms with van der Waals surface area (Å²) in [6.07, 6.45) is 0. The van der Waals surface area contributed by atoms with Crippen LogP contribution in [-0.4, -0.2) is 0 Å². The van der Waals surface area contributed by atoms with Crippen LogP contribution < -0.4 is 22.9 Å². The van der Waals surface area contributed by atoms with Crippen LogP contribution in [0.25, 0.3) is 0 Å². The minimum atomic E-state index is 0.525. The highest BCUT2D eigenvalue weighted by atomic mass is 35.5. The van der Waals surface area contributed by atoms with Crippen LogP contribution in [-0.2, 0) is 0 Å². The molecule has 0 spiro atoms. The van der Waals surface area contributed by atoms with Gasteiger partial charge in [-0.3, -0.25) is 0 Å². The van der Waals surface area contributed by atoms with Gasteiger partial charge in [0.15, 0.2) is 0 Å². The molecule has 2 aromatic carbocycles. The fourth-order valence-corrected chi connectivity index (χ4v) is 1.24. The molecule has 8 N–H and O–H groups in total. The van der Waals surface area contributed by atoms with Gasteiger partial charge < -0.3 is 22.9 Å². The lowest BCUT2D eigenvalue weighted by atomic mass is 10.3. The van der Waals surface area contributed by atoms with Gasteiger partial charge in [-0.2, -0.15) is 0 Å². The number of benzene rings is 2. The minimum Gasteiger partial charge on any atom is -0.399 e. The second-order valence-corrected chi connectivity index (χ2v) is 3.86. The van der Waals surface area contributed by atoms with Gasteiger partial charge >= 0.3 is 0 Å². The Bertz CT molecular complexity index is 482. The quantitative estimate of drug-likeness (QED) is 0.539. The first-order valence-electron chi connectivity index (χ1n) is 4.90. The van der Waals surface area contributed by atoms with E-state index in [1.807, 2.05) is 6.07 Å². The van der Waals surface area contributed by atoms with Gasteiger partial charge in [0.1, 0.15) is 0 Å². The third-order valence-corrected chi connectivity index (χ3v) is 2.27. The summed E-state index contributed by atoms with van der Waals surface area (Å²) < 4.78 is 0. The number of hydrogen-bond acceptors (Lipinski definition) is 4. The number of nitrogens with two attached hydrogens (primary N) is 4. The zero-order valence-electron chi connectivity index (χ0n) is 9.23. The van der Waals surface area contributed by atoms with Crippen molar-refractivity contribution >= 4 is 34.4 Å². The summed E-state index contributed by atoms with van der Waals surface area (Å²) in [6, 6.07) is 12.2. The first-order valence-corrected chi connectivity index (χ1v) is 5.28. The van der Waals surface area contributed by atoms with Crippen LogP contribution in [0.2, 0.25) is 5.02 Å². The molecule has 0 fully saturated rings. The highest BCUT2D eigenvalue weighted by Crippen LogP contribution is 2.19. The lowest BCUT2D eigenvalue weighted by Crippen LogP contribution is -1.89. The van der Waals surface area contributed by atoms with Gasteiger partial charge in [0.2, 0.25) is 0 Å². The summed E-state index contributed by atoms with van der Waals surface area (Å²) in [5.41, 5.74) is 24.1. The van der Waals surface area contributed by atoms with Crippen molar-refractivity contribution < 1.29 is 0 Å². The average Bonchev–Trinajstić information content (AvgIpc) is 2.24. The Morgan fingerprint density at radius 2 is 1.24 bits per heavy atom. The molecule has 0 saturated carbocycles. The van der Waals surface area contributed by atoms with Crippen LogP contribution in [0.1, 0.15) is 0 Å². The molecule has 0 atom stereocenters. The Morgan fingerprint density at radius 1 is 0.706 bits per heavy atom. The van der Waals surface area contributed by atoms with Gasteiger partial charge in [-0.05, 0) is 36.4 Å². The van der Waals surface area contributed by atoms with Crippen LogP contribution in [0.5, 0.6) is 0 Å². The van der Waals surface area contributed by atoms with Crippen molar-refractivity contribution in [1.82, 2.24) is 0 Å². The summed E-state index contributed by atoms with van der Waals surface area (Å²) >= 11 is 5.60. The van der Waals surface area contributed by atoms with Crippen molar-refractivity contribution in [3.05, 3.63) is 47.5 Å². The molecule has 0 aliphatic heterocycles. The van der Waals surface area contributed by atoms with Gasteiger partial charge in [0.25, 0.3) is 0 Å². The fraction of sp³-hybridized carbons (Fsp3) is 0. The summed E-state index contributed by atoms with van der Waals surface area (Å²) in [5, 5.41) is 0.546. The number of halogens is 1. The lowest BCUT2D eigenvalue weighted by molar-refractivity contribution is 1.66. The number of hydrogen-bond donors (Lipinski definition) is 4. The van der Waals surface area contributed by atoms with Crippen LogP contribution in [0, 0.1) is 0 Å². The summed E-state index contributed by atoms with van der Waals surface area (Å²) in [4.78, 5) is 0. The standard InChI is InChI=1S/C6H7ClN2.C6H8N2/c7-5-2-1-4(8)3-6(5)9;7-5-2-1-3-6(8)4-5/h1-3H,8-9H2;1-4H,7-8H2. The maximum absolute atomic E-state index is 5.60. The Hall–Kier alpha value is -2.07. The van der Waals surface area contributed by atoms with Crippen molar-refractivity contribution in [2.45, 2.75) is 0 Å². The van der Waals surface area contributed by atoms with Crippen molar-refractivity contribution in [1.29, 1.82) is 0 Å². The lowest BCUT2D eigenvalue weighted by Gasteiger charge is -1.96. The normalized spacial score (nSPS) is 9.24. The zero-order valence-corrected chi connectivity index (χ0v) is 9.98. The second-order valence-electron chi connectivity index (χ2n) is 3.45. The first kappa shape index (κ1) is 13.0. The third kappa shape index (κ3) is 4.53. The molecule has 0 heterocycles. The molecule has 0 saturated heterocycles. The Balaban J connectivity index is 0.000000171.